The molecule has 1 aliphatic rings. The van der Waals surface area contributed by atoms with Gasteiger partial charge in [0, 0.05) is 16.6 Å². The van der Waals surface area contributed by atoms with Crippen molar-refractivity contribution >= 4 is 22.7 Å². The Labute approximate surface area is 81.5 Å². The van der Waals surface area contributed by atoms with Gasteiger partial charge in [-0.05, 0) is 41.7 Å². The molecule has 0 spiro atoms. The van der Waals surface area contributed by atoms with Gasteiger partial charge in [0.1, 0.15) is 0 Å². The van der Waals surface area contributed by atoms with Crippen molar-refractivity contribution in [3.63, 3.8) is 0 Å². The molecule has 0 atom stereocenters. The Morgan fingerprint density at radius 3 is 3.23 bits per heavy atom. The monoisotopic (exact) mass is 189 g/mol. The highest BCUT2D eigenvalue weighted by Crippen LogP contribution is 2.34. The van der Waals surface area contributed by atoms with E-state index in [0.29, 0.717) is 0 Å². The maximum absolute atomic E-state index is 3.33. The molecule has 2 heteroatoms. The quantitative estimate of drug-likeness (QED) is 0.673. The number of fused-ring (bicyclic) bond motifs is 3. The molecule has 0 radical (unpaired) electrons. The molecule has 66 valence electrons. The van der Waals surface area contributed by atoms with Gasteiger partial charge in [-0.1, -0.05) is 6.07 Å². The fraction of sp³-hybridized carbons (Fsp3) is 0.273. The largest absolute Gasteiger partial charge is 0.361 e. The van der Waals surface area contributed by atoms with E-state index in [9.17, 15) is 0 Å². The van der Waals surface area contributed by atoms with Crippen LogP contribution < -0.4 is 0 Å². The lowest BCUT2D eigenvalue weighted by Gasteiger charge is -2.15. The minimum absolute atomic E-state index is 1.24. The highest BCUT2D eigenvalue weighted by Gasteiger charge is 2.12. The molecule has 13 heavy (non-hydrogen) atoms. The van der Waals surface area contributed by atoms with E-state index in [0.717, 1.165) is 0 Å². The fourth-order valence-corrected chi connectivity index (χ4v) is 3.04. The van der Waals surface area contributed by atoms with Gasteiger partial charge in [-0.25, -0.2) is 0 Å². The van der Waals surface area contributed by atoms with Crippen LogP contribution in [0, 0.1) is 0 Å². The molecule has 1 aliphatic heterocycles. The highest BCUT2D eigenvalue weighted by atomic mass is 32.2. The van der Waals surface area contributed by atoms with Crippen LogP contribution in [0.25, 0.3) is 10.9 Å². The molecule has 0 aliphatic carbocycles. The van der Waals surface area contributed by atoms with Gasteiger partial charge in [0.2, 0.25) is 0 Å². The second-order valence-electron chi connectivity index (χ2n) is 3.44. The lowest BCUT2D eigenvalue weighted by atomic mass is 10.1. The number of benzene rings is 1. The third-order valence-electron chi connectivity index (χ3n) is 2.62. The first-order chi connectivity index (χ1) is 6.45. The van der Waals surface area contributed by atoms with Crippen LogP contribution in [0.2, 0.25) is 0 Å². The van der Waals surface area contributed by atoms with E-state index < -0.39 is 0 Å². The summed E-state index contributed by atoms with van der Waals surface area (Å²) in [6.45, 7) is 0. The van der Waals surface area contributed by atoms with Crippen molar-refractivity contribution in [1.29, 1.82) is 0 Å². The van der Waals surface area contributed by atoms with Crippen molar-refractivity contribution in [3.05, 3.63) is 30.0 Å². The van der Waals surface area contributed by atoms with Gasteiger partial charge in [0.05, 0.1) is 0 Å². The Hall–Kier alpha value is -0.890. The predicted molar refractivity (Wildman–Crippen MR) is 57.3 cm³/mol. The first-order valence-electron chi connectivity index (χ1n) is 4.67. The molecule has 0 bridgehead atoms. The summed E-state index contributed by atoms with van der Waals surface area (Å²) < 4.78 is 0. The summed E-state index contributed by atoms with van der Waals surface area (Å²) in [5.41, 5.74) is 2.88. The molecule has 1 N–H and O–H groups in total. The van der Waals surface area contributed by atoms with Gasteiger partial charge in [0.15, 0.2) is 0 Å². The SMILES string of the molecule is c1cc2ccc3c(c2[nH]1)CCCS3. The average Bonchev–Trinajstić information content (AvgIpc) is 2.65. The van der Waals surface area contributed by atoms with Crippen LogP contribution in [-0.4, -0.2) is 10.7 Å². The van der Waals surface area contributed by atoms with E-state index >= 15 is 0 Å². The van der Waals surface area contributed by atoms with E-state index in [4.69, 9.17) is 0 Å². The summed E-state index contributed by atoms with van der Waals surface area (Å²) >= 11 is 1.99. The van der Waals surface area contributed by atoms with Crippen LogP contribution in [0.1, 0.15) is 12.0 Å². The first-order valence-corrected chi connectivity index (χ1v) is 5.65. The molecule has 2 aromatic rings. The zero-order valence-corrected chi connectivity index (χ0v) is 8.16. The van der Waals surface area contributed by atoms with E-state index in [1.54, 1.807) is 0 Å². The lowest BCUT2D eigenvalue weighted by Crippen LogP contribution is -1.98. The van der Waals surface area contributed by atoms with Crippen LogP contribution in [0.15, 0.2) is 29.3 Å². The molecule has 0 saturated carbocycles. The number of aromatic amines is 1. The molecular formula is C11H11NS. The van der Waals surface area contributed by atoms with Crippen molar-refractivity contribution in [1.82, 2.24) is 4.98 Å². The summed E-state index contributed by atoms with van der Waals surface area (Å²) in [5.74, 6) is 1.28. The van der Waals surface area contributed by atoms with Crippen LogP contribution >= 0.6 is 11.8 Å². The van der Waals surface area contributed by atoms with Gasteiger partial charge < -0.3 is 4.98 Å². The maximum Gasteiger partial charge on any atom is 0.0497 e. The van der Waals surface area contributed by atoms with E-state index in [-0.39, 0.29) is 0 Å². The third kappa shape index (κ3) is 1.09. The fourth-order valence-electron chi connectivity index (χ4n) is 1.99. The molecule has 0 saturated heterocycles. The van der Waals surface area contributed by atoms with E-state index in [2.05, 4.69) is 23.2 Å². The molecule has 0 amide bonds. The Bertz CT molecular complexity index is 444. The molecule has 1 aromatic heterocycles. The summed E-state index contributed by atoms with van der Waals surface area (Å²) in [5, 5.41) is 1.35. The second kappa shape index (κ2) is 2.81. The van der Waals surface area contributed by atoms with E-state index in [1.807, 2.05) is 18.0 Å². The molecular weight excluding hydrogens is 178 g/mol. The Morgan fingerprint density at radius 1 is 1.23 bits per heavy atom. The number of thioether (sulfide) groups is 1. The van der Waals surface area contributed by atoms with Crippen molar-refractivity contribution in [2.45, 2.75) is 17.7 Å². The summed E-state index contributed by atoms with van der Waals surface area (Å²) in [4.78, 5) is 4.81. The van der Waals surface area contributed by atoms with Crippen LogP contribution in [0.3, 0.4) is 0 Å². The van der Waals surface area contributed by atoms with Crippen LogP contribution in [0.5, 0.6) is 0 Å². The molecule has 0 fully saturated rings. The van der Waals surface area contributed by atoms with Crippen molar-refractivity contribution < 1.29 is 0 Å². The summed E-state index contributed by atoms with van der Waals surface area (Å²) in [6.07, 6.45) is 4.58. The number of hydrogen-bond acceptors (Lipinski definition) is 1. The zero-order chi connectivity index (χ0) is 8.67. The topological polar surface area (TPSA) is 15.8 Å². The van der Waals surface area contributed by atoms with Gasteiger partial charge in [0.25, 0.3) is 0 Å². The minimum atomic E-state index is 1.24. The number of aromatic nitrogens is 1. The van der Waals surface area contributed by atoms with Crippen LogP contribution in [0.4, 0.5) is 0 Å². The average molecular weight is 189 g/mol. The van der Waals surface area contributed by atoms with Gasteiger partial charge in [-0.2, -0.15) is 0 Å². The lowest BCUT2D eigenvalue weighted by molar-refractivity contribution is 0.897. The zero-order valence-electron chi connectivity index (χ0n) is 7.34. The predicted octanol–water partition coefficient (Wildman–Crippen LogP) is 3.21. The first kappa shape index (κ1) is 7.51. The molecule has 1 aromatic carbocycles. The molecule has 1 nitrogen and oxygen atoms in total. The third-order valence-corrected chi connectivity index (χ3v) is 3.81. The summed E-state index contributed by atoms with van der Waals surface area (Å²) in [6, 6.07) is 6.62. The number of nitrogens with one attached hydrogen (secondary N) is 1. The Morgan fingerprint density at radius 2 is 2.23 bits per heavy atom. The van der Waals surface area contributed by atoms with Gasteiger partial charge in [-0.15, -0.1) is 11.8 Å². The highest BCUT2D eigenvalue weighted by molar-refractivity contribution is 7.99. The molecule has 0 unspecified atom stereocenters. The van der Waals surface area contributed by atoms with Crippen molar-refractivity contribution in [3.8, 4) is 0 Å². The summed E-state index contributed by atoms with van der Waals surface area (Å²) in [7, 11) is 0. The second-order valence-corrected chi connectivity index (χ2v) is 4.57. The Kier molecular flexibility index (Phi) is 1.62. The minimum Gasteiger partial charge on any atom is -0.361 e. The molecule has 2 heterocycles. The Balaban J connectivity index is 2.34. The van der Waals surface area contributed by atoms with Gasteiger partial charge >= 0.3 is 0 Å². The number of H-pyrrole nitrogens is 1. The standard InChI is InChI=1S/C11H11NS/c1-2-9-10(13-7-1)4-3-8-5-6-12-11(8)9/h3-6,12H,1-2,7H2. The number of aryl methyl sites for hydroxylation is 1. The van der Waals surface area contributed by atoms with Crippen molar-refractivity contribution in [2.24, 2.45) is 0 Å². The number of rotatable bonds is 0. The van der Waals surface area contributed by atoms with E-state index in [1.165, 1.54) is 40.0 Å². The normalized spacial score (nSPS) is 16.0. The van der Waals surface area contributed by atoms with Gasteiger partial charge in [-0.3, -0.25) is 0 Å². The number of hydrogen-bond donors (Lipinski definition) is 1. The van der Waals surface area contributed by atoms with Crippen LogP contribution in [-0.2, 0) is 6.42 Å². The smallest absolute Gasteiger partial charge is 0.0497 e. The maximum atomic E-state index is 3.33. The molecule has 3 rings (SSSR count). The van der Waals surface area contributed by atoms with Crippen molar-refractivity contribution in [2.75, 3.05) is 5.75 Å².